The molecule has 2 heterocycles. The molecular formula is C34H52N2O17. The third kappa shape index (κ3) is 30.3. The first-order valence-electron chi connectivity index (χ1n) is 16.4. The van der Waals surface area contributed by atoms with Crippen LogP contribution in [0.5, 0.6) is 0 Å². The van der Waals surface area contributed by atoms with Gasteiger partial charge in [0.05, 0.1) is 65.7 Å². The number of carboxylic acid groups (broad SMARTS) is 1. The number of ether oxygens (including phenoxy) is 6. The van der Waals surface area contributed by atoms with E-state index in [2.05, 4.69) is 24.4 Å². The Hall–Kier alpha value is -5.00. The Morgan fingerprint density at radius 3 is 1.43 bits per heavy atom. The van der Waals surface area contributed by atoms with E-state index in [0.29, 0.717) is 57.7 Å². The Labute approximate surface area is 310 Å². The molecule has 0 aliphatic carbocycles. The van der Waals surface area contributed by atoms with Crippen LogP contribution in [0.2, 0.25) is 0 Å². The molecule has 19 nitrogen and oxygen atoms in total. The minimum absolute atomic E-state index is 0. The maximum atomic E-state index is 11.5. The van der Waals surface area contributed by atoms with E-state index in [-0.39, 0.29) is 83.7 Å². The minimum Gasteiger partial charge on any atom is -0.481 e. The fraction of sp³-hybridized carbons (Fsp3) is 0.588. The van der Waals surface area contributed by atoms with Crippen LogP contribution in [0.25, 0.3) is 0 Å². The number of hydroxylamine groups is 4. The van der Waals surface area contributed by atoms with Crippen molar-refractivity contribution < 1.29 is 83.3 Å². The van der Waals surface area contributed by atoms with Crippen molar-refractivity contribution in [2.45, 2.75) is 65.2 Å². The van der Waals surface area contributed by atoms with Crippen LogP contribution in [0.15, 0.2) is 25.3 Å². The third-order valence-electron chi connectivity index (χ3n) is 5.73. The minimum atomic E-state index is -0.911. The standard InChI is InChI=1S/C15H21NO8.C12H20O6.C4H5NO3.C2H2.CH4/c1-2-7-21-8-9-22-10-11-23-14(19)5-6-15(20)24-16-12(17)3-4-13(16)18;1-2-6-16-7-8-17-9-10-18-12(15)5-3-4-11(13)14;6-3-1-2-4(7)5(3)8;1-2;/h2H,1,3-11H2;2H,1,3-10H2,(H,13,14);8H,1-2H2;1-2H;1H4/i;;;1D;. The molecule has 2 N–H and O–H groups in total. The van der Waals surface area contributed by atoms with E-state index in [4.69, 9.17) is 40.1 Å². The fourth-order valence-electron chi connectivity index (χ4n) is 3.30. The molecule has 0 bridgehead atoms. The van der Waals surface area contributed by atoms with E-state index in [0.717, 1.165) is 0 Å². The van der Waals surface area contributed by atoms with Crippen LogP contribution in [-0.4, -0.2) is 134 Å². The maximum Gasteiger partial charge on any atom is 0.333 e. The summed E-state index contributed by atoms with van der Waals surface area (Å²) in [6, 6.07) is 0. The van der Waals surface area contributed by atoms with E-state index >= 15 is 0 Å². The number of rotatable bonds is 24. The van der Waals surface area contributed by atoms with Gasteiger partial charge in [0.2, 0.25) is 0 Å². The van der Waals surface area contributed by atoms with Crippen LogP contribution >= 0.6 is 0 Å². The van der Waals surface area contributed by atoms with Gasteiger partial charge in [0.1, 0.15) is 14.6 Å². The number of amides is 4. The Balaban J connectivity index is -0.000000758. The quantitative estimate of drug-likeness (QED) is 0.0354. The smallest absolute Gasteiger partial charge is 0.333 e. The van der Waals surface area contributed by atoms with Gasteiger partial charge in [-0.25, -0.2) is 4.79 Å². The number of aliphatic carboxylic acids is 1. The number of hydrogen-bond donors (Lipinski definition) is 2. The average Bonchev–Trinajstić information content (AvgIpc) is 3.60. The molecule has 0 atom stereocenters. The van der Waals surface area contributed by atoms with Crippen LogP contribution in [-0.2, 0) is 71.6 Å². The molecule has 2 rings (SSSR count). The lowest BCUT2D eigenvalue weighted by Crippen LogP contribution is -2.32. The molecule has 19 heteroatoms. The molecule has 0 aromatic rings. The predicted octanol–water partition coefficient (Wildman–Crippen LogP) is 1.55. The predicted molar refractivity (Wildman–Crippen MR) is 183 cm³/mol. The zero-order valence-electron chi connectivity index (χ0n) is 30.0. The number of nitrogens with zero attached hydrogens (tertiary/aromatic N) is 2. The molecule has 4 amide bonds. The first-order chi connectivity index (χ1) is 25.3. The molecule has 2 saturated heterocycles. The van der Waals surface area contributed by atoms with Gasteiger partial charge in [0, 0.05) is 38.5 Å². The molecule has 0 unspecified atom stereocenters. The summed E-state index contributed by atoms with van der Waals surface area (Å²) in [5.41, 5.74) is 0. The van der Waals surface area contributed by atoms with Gasteiger partial charge < -0.3 is 38.4 Å². The molecule has 0 radical (unpaired) electrons. The number of esters is 2. The van der Waals surface area contributed by atoms with E-state index < -0.39 is 47.5 Å². The summed E-state index contributed by atoms with van der Waals surface area (Å²) in [7, 11) is 0. The van der Waals surface area contributed by atoms with Crippen LogP contribution in [0.1, 0.15) is 66.6 Å². The van der Waals surface area contributed by atoms with Crippen molar-refractivity contribution in [3.63, 3.8) is 0 Å². The van der Waals surface area contributed by atoms with Gasteiger partial charge in [0.25, 0.3) is 23.6 Å². The SMILES string of the molecule is C.C=CCOCCOCCOC(=O)CCC(=O)ON1C(=O)CCC1=O.C=CCOCCOCCOC(=O)CCCC(=O)O.O=C1CCC(=O)N1O.[2H]C#C. The second-order valence-corrected chi connectivity index (χ2v) is 9.78. The molecule has 2 fully saturated rings. The maximum absolute atomic E-state index is 11.5. The average molecular weight is 762 g/mol. The zero-order valence-corrected chi connectivity index (χ0v) is 29.0. The van der Waals surface area contributed by atoms with Crippen molar-refractivity contribution in [2.24, 2.45) is 0 Å². The summed E-state index contributed by atoms with van der Waals surface area (Å²) < 4.78 is 35.9. The topological polar surface area (TPSA) is 248 Å². The zero-order chi connectivity index (χ0) is 40.3. The molecule has 53 heavy (non-hydrogen) atoms. The van der Waals surface area contributed by atoms with Gasteiger partial charge in [0.15, 0.2) is 0 Å². The van der Waals surface area contributed by atoms with Crippen molar-refractivity contribution in [1.82, 2.24) is 10.1 Å². The normalized spacial score (nSPS) is 12.9. The van der Waals surface area contributed by atoms with Gasteiger partial charge in [-0.2, -0.15) is 5.06 Å². The molecule has 0 aromatic heterocycles. The van der Waals surface area contributed by atoms with Gasteiger partial charge in [-0.05, 0) is 6.42 Å². The molecule has 300 valence electrons. The van der Waals surface area contributed by atoms with Crippen molar-refractivity contribution >= 4 is 47.5 Å². The number of imide groups is 2. The van der Waals surface area contributed by atoms with Gasteiger partial charge >= 0.3 is 23.9 Å². The Kier molecular flexibility index (Phi) is 33.5. The second kappa shape index (κ2) is 35.4. The lowest BCUT2D eigenvalue weighted by atomic mass is 10.2. The van der Waals surface area contributed by atoms with Gasteiger partial charge in [-0.15, -0.1) is 31.0 Å². The lowest BCUT2D eigenvalue weighted by Gasteiger charge is -2.12. The highest BCUT2D eigenvalue weighted by molar-refractivity contribution is 6.01. The summed E-state index contributed by atoms with van der Waals surface area (Å²) in [5.74, 6) is -4.89. The summed E-state index contributed by atoms with van der Waals surface area (Å²) in [6.07, 6.45) is 9.28. The number of hydrogen-bond acceptors (Lipinski definition) is 16. The second-order valence-electron chi connectivity index (χ2n) is 9.78. The molecule has 2 aliphatic rings. The summed E-state index contributed by atoms with van der Waals surface area (Å²) in [5, 5.41) is 17.4. The number of carbonyl (C=O) groups is 8. The molecule has 2 aliphatic heterocycles. The van der Waals surface area contributed by atoms with Crippen molar-refractivity contribution in [3.8, 4) is 12.8 Å². The first kappa shape index (κ1) is 50.1. The third-order valence-corrected chi connectivity index (χ3v) is 5.73. The van der Waals surface area contributed by atoms with Crippen molar-refractivity contribution in [3.05, 3.63) is 25.3 Å². The molecule has 0 aromatic carbocycles. The van der Waals surface area contributed by atoms with Crippen LogP contribution in [0, 0.1) is 12.8 Å². The highest BCUT2D eigenvalue weighted by Crippen LogP contribution is 2.13. The van der Waals surface area contributed by atoms with E-state index in [1.54, 1.807) is 12.2 Å². The van der Waals surface area contributed by atoms with Crippen LogP contribution < -0.4 is 0 Å². The van der Waals surface area contributed by atoms with Crippen LogP contribution in [0.3, 0.4) is 0 Å². The molecular weight excluding hydrogens is 708 g/mol. The summed E-state index contributed by atoms with van der Waals surface area (Å²) in [6.45, 7) is 10.4. The van der Waals surface area contributed by atoms with E-state index in [1.165, 1.54) is 6.40 Å². The monoisotopic (exact) mass is 761 g/mol. The van der Waals surface area contributed by atoms with Crippen LogP contribution in [0.4, 0.5) is 0 Å². The highest BCUT2D eigenvalue weighted by atomic mass is 16.7. The fourth-order valence-corrected chi connectivity index (χ4v) is 3.30. The number of carboxylic acids is 1. The molecule has 0 spiro atoms. The lowest BCUT2D eigenvalue weighted by molar-refractivity contribution is -0.197. The van der Waals surface area contributed by atoms with E-state index in [1.807, 2.05) is 0 Å². The highest BCUT2D eigenvalue weighted by Gasteiger charge is 2.32. The van der Waals surface area contributed by atoms with Gasteiger partial charge in [-0.3, -0.25) is 38.8 Å². The van der Waals surface area contributed by atoms with Crippen molar-refractivity contribution in [1.29, 1.82) is 0 Å². The summed E-state index contributed by atoms with van der Waals surface area (Å²) in [4.78, 5) is 91.8. The van der Waals surface area contributed by atoms with Gasteiger partial charge in [-0.1, -0.05) is 19.6 Å². The Morgan fingerprint density at radius 2 is 1.04 bits per heavy atom. The molecule has 0 saturated carbocycles. The van der Waals surface area contributed by atoms with E-state index in [9.17, 15) is 38.4 Å². The Morgan fingerprint density at radius 1 is 0.660 bits per heavy atom. The largest absolute Gasteiger partial charge is 0.481 e. The van der Waals surface area contributed by atoms with Crippen molar-refractivity contribution in [2.75, 3.05) is 66.1 Å². The number of carbonyl (C=O) groups excluding carboxylic acids is 7. The number of terminal acetylenes is 1. The summed E-state index contributed by atoms with van der Waals surface area (Å²) >= 11 is 0. The first-order valence-corrected chi connectivity index (χ1v) is 15.9. The Bertz CT molecular complexity index is 1190.